The van der Waals surface area contributed by atoms with Crippen molar-refractivity contribution in [1.29, 1.82) is 0 Å². The Balaban J connectivity index is 1.92. The highest BCUT2D eigenvalue weighted by atomic mass is 16.3. The van der Waals surface area contributed by atoms with Gasteiger partial charge in [0, 0.05) is 6.61 Å². The lowest BCUT2D eigenvalue weighted by Crippen LogP contribution is -2.24. The van der Waals surface area contributed by atoms with Crippen LogP contribution >= 0.6 is 0 Å². The Morgan fingerprint density at radius 2 is 1.80 bits per heavy atom. The van der Waals surface area contributed by atoms with E-state index in [4.69, 9.17) is 0 Å². The third kappa shape index (κ3) is 1.84. The first kappa shape index (κ1) is 11.4. The molecule has 0 spiro atoms. The average Bonchev–Trinajstić information content (AvgIpc) is 2.76. The van der Waals surface area contributed by atoms with Crippen molar-refractivity contribution in [3.05, 3.63) is 0 Å². The van der Waals surface area contributed by atoms with Crippen LogP contribution in [0.1, 0.15) is 53.4 Å². The van der Waals surface area contributed by atoms with Gasteiger partial charge in [-0.3, -0.25) is 0 Å². The van der Waals surface area contributed by atoms with Gasteiger partial charge >= 0.3 is 0 Å². The Bertz CT molecular complexity index is 246. The normalized spacial score (nSPS) is 48.2. The van der Waals surface area contributed by atoms with Crippen LogP contribution in [0.4, 0.5) is 0 Å². The van der Waals surface area contributed by atoms with E-state index in [1.54, 1.807) is 0 Å². The molecule has 0 aliphatic heterocycles. The predicted molar refractivity (Wildman–Crippen MR) is 63.6 cm³/mol. The summed E-state index contributed by atoms with van der Waals surface area (Å²) in [7, 11) is 0. The summed E-state index contributed by atoms with van der Waals surface area (Å²) in [5.74, 6) is 2.57. The molecule has 0 bridgehead atoms. The van der Waals surface area contributed by atoms with Gasteiger partial charge in [0.05, 0.1) is 0 Å². The quantitative estimate of drug-likeness (QED) is 0.756. The third-order valence-corrected chi connectivity index (χ3v) is 5.74. The molecule has 2 unspecified atom stereocenters. The van der Waals surface area contributed by atoms with Crippen molar-refractivity contribution in [3.8, 4) is 0 Å². The number of aliphatic hydroxyl groups excluding tert-OH is 1. The lowest BCUT2D eigenvalue weighted by Gasteiger charge is -2.31. The molecular weight excluding hydrogens is 184 g/mol. The van der Waals surface area contributed by atoms with Crippen LogP contribution in [0.5, 0.6) is 0 Å². The smallest absolute Gasteiger partial charge is 0.0487 e. The van der Waals surface area contributed by atoms with Crippen LogP contribution in [0.3, 0.4) is 0 Å². The fourth-order valence-electron chi connectivity index (χ4n) is 3.43. The summed E-state index contributed by atoms with van der Waals surface area (Å²) in [5.41, 5.74) is 0.806. The predicted octanol–water partition coefficient (Wildman–Crippen LogP) is 3.47. The Kier molecular flexibility index (Phi) is 2.65. The first-order valence-electron chi connectivity index (χ1n) is 6.51. The molecule has 15 heavy (non-hydrogen) atoms. The first-order chi connectivity index (χ1) is 6.90. The van der Waals surface area contributed by atoms with Crippen LogP contribution in [-0.4, -0.2) is 11.7 Å². The Labute approximate surface area is 94.3 Å². The summed E-state index contributed by atoms with van der Waals surface area (Å²) < 4.78 is 0. The van der Waals surface area contributed by atoms with Crippen LogP contribution in [0, 0.1) is 28.6 Å². The monoisotopic (exact) mass is 210 g/mol. The molecule has 88 valence electrons. The van der Waals surface area contributed by atoms with E-state index in [1.165, 1.54) is 25.7 Å². The molecule has 2 fully saturated rings. The van der Waals surface area contributed by atoms with E-state index < -0.39 is 0 Å². The second kappa shape index (κ2) is 3.48. The van der Waals surface area contributed by atoms with Gasteiger partial charge in [0.25, 0.3) is 0 Å². The van der Waals surface area contributed by atoms with Gasteiger partial charge in [-0.05, 0) is 54.3 Å². The summed E-state index contributed by atoms with van der Waals surface area (Å²) >= 11 is 0. The van der Waals surface area contributed by atoms with Gasteiger partial charge < -0.3 is 5.11 Å². The van der Waals surface area contributed by atoms with Gasteiger partial charge in [-0.15, -0.1) is 0 Å². The van der Waals surface area contributed by atoms with Crippen molar-refractivity contribution in [2.24, 2.45) is 28.6 Å². The minimum Gasteiger partial charge on any atom is -0.396 e. The number of aliphatic hydroxyl groups is 1. The first-order valence-corrected chi connectivity index (χ1v) is 6.51. The van der Waals surface area contributed by atoms with Crippen molar-refractivity contribution >= 4 is 0 Å². The minimum atomic E-state index is 0.280. The zero-order chi connectivity index (χ0) is 11.3. The Morgan fingerprint density at radius 1 is 1.13 bits per heavy atom. The zero-order valence-electron chi connectivity index (χ0n) is 10.7. The second-order valence-corrected chi connectivity index (χ2v) is 6.95. The van der Waals surface area contributed by atoms with Crippen molar-refractivity contribution in [2.75, 3.05) is 6.61 Å². The van der Waals surface area contributed by atoms with Crippen molar-refractivity contribution < 1.29 is 5.11 Å². The second-order valence-electron chi connectivity index (χ2n) is 6.95. The summed E-state index contributed by atoms with van der Waals surface area (Å²) in [6.45, 7) is 9.91. The maximum Gasteiger partial charge on any atom is 0.0487 e. The molecule has 1 nitrogen and oxygen atoms in total. The molecule has 4 atom stereocenters. The minimum absolute atomic E-state index is 0.280. The van der Waals surface area contributed by atoms with Crippen LogP contribution in [0.25, 0.3) is 0 Å². The van der Waals surface area contributed by atoms with Crippen LogP contribution in [-0.2, 0) is 0 Å². The fourth-order valence-corrected chi connectivity index (χ4v) is 3.43. The summed E-state index contributed by atoms with van der Waals surface area (Å²) in [4.78, 5) is 0. The fraction of sp³-hybridized carbons (Fsp3) is 1.00. The van der Waals surface area contributed by atoms with Crippen LogP contribution in [0.2, 0.25) is 0 Å². The van der Waals surface area contributed by atoms with E-state index in [0.29, 0.717) is 12.0 Å². The van der Waals surface area contributed by atoms with E-state index in [9.17, 15) is 5.11 Å². The van der Waals surface area contributed by atoms with E-state index in [-0.39, 0.29) is 5.41 Å². The highest BCUT2D eigenvalue weighted by Crippen LogP contribution is 2.59. The molecule has 2 saturated carbocycles. The van der Waals surface area contributed by atoms with Gasteiger partial charge in [0.2, 0.25) is 0 Å². The van der Waals surface area contributed by atoms with Gasteiger partial charge in [-0.1, -0.05) is 27.7 Å². The Hall–Kier alpha value is -0.0400. The molecule has 2 rings (SSSR count). The molecule has 1 N–H and O–H groups in total. The van der Waals surface area contributed by atoms with E-state index in [1.807, 2.05) is 0 Å². The molecule has 0 saturated heterocycles. The summed E-state index contributed by atoms with van der Waals surface area (Å²) in [5, 5.41) is 9.29. The molecule has 0 aromatic heterocycles. The third-order valence-electron chi connectivity index (χ3n) is 5.74. The molecule has 0 radical (unpaired) electrons. The lowest BCUT2D eigenvalue weighted by atomic mass is 9.74. The molecule has 2 aliphatic carbocycles. The van der Waals surface area contributed by atoms with Crippen molar-refractivity contribution in [3.63, 3.8) is 0 Å². The number of rotatable bonds is 3. The molecule has 0 aromatic carbocycles. The van der Waals surface area contributed by atoms with E-state index in [0.717, 1.165) is 17.8 Å². The summed E-state index contributed by atoms with van der Waals surface area (Å²) in [6, 6.07) is 0. The maximum atomic E-state index is 9.29. The average molecular weight is 210 g/mol. The van der Waals surface area contributed by atoms with Gasteiger partial charge in [0.1, 0.15) is 0 Å². The maximum absolute atomic E-state index is 9.29. The van der Waals surface area contributed by atoms with Crippen LogP contribution in [0.15, 0.2) is 0 Å². The van der Waals surface area contributed by atoms with Gasteiger partial charge in [0.15, 0.2) is 0 Å². The Morgan fingerprint density at radius 3 is 2.20 bits per heavy atom. The highest BCUT2D eigenvalue weighted by molar-refractivity contribution is 5.02. The largest absolute Gasteiger partial charge is 0.396 e. The zero-order valence-corrected chi connectivity index (χ0v) is 10.7. The molecule has 0 amide bonds. The van der Waals surface area contributed by atoms with Crippen LogP contribution < -0.4 is 0 Å². The summed E-state index contributed by atoms with van der Waals surface area (Å²) in [6.07, 6.45) is 5.42. The highest BCUT2D eigenvalue weighted by Gasteiger charge is 2.52. The molecule has 0 heterocycles. The standard InChI is InChI=1S/C14H26O/c1-10-5-6-11(13(10,2)3)7-12-8-14(12,4)9-15/h10-12,15H,5-9H2,1-4H3/t10?,11-,12?,14-/m1/s1. The molecule has 0 aromatic rings. The molecular formula is C14H26O. The van der Waals surface area contributed by atoms with Crippen molar-refractivity contribution in [2.45, 2.75) is 53.4 Å². The van der Waals surface area contributed by atoms with Gasteiger partial charge in [-0.2, -0.15) is 0 Å². The lowest BCUT2D eigenvalue weighted by molar-refractivity contribution is 0.162. The van der Waals surface area contributed by atoms with Crippen molar-refractivity contribution in [1.82, 2.24) is 0 Å². The molecule has 1 heteroatoms. The van der Waals surface area contributed by atoms with Gasteiger partial charge in [-0.25, -0.2) is 0 Å². The van der Waals surface area contributed by atoms with E-state index >= 15 is 0 Å². The topological polar surface area (TPSA) is 20.2 Å². The molecule has 2 aliphatic rings. The van der Waals surface area contributed by atoms with E-state index in [2.05, 4.69) is 27.7 Å². The SMILES string of the molecule is CC1CC[C@H](CC2C[C@]2(C)CO)C1(C)C. The number of hydrogen-bond donors (Lipinski definition) is 1. The number of hydrogen-bond acceptors (Lipinski definition) is 1.